The van der Waals surface area contributed by atoms with E-state index in [1.54, 1.807) is 35.6 Å². The van der Waals surface area contributed by atoms with Crippen LogP contribution in [0.15, 0.2) is 41.8 Å². The molecule has 0 saturated carbocycles. The molecule has 140 valence electrons. The minimum absolute atomic E-state index is 0.161. The zero-order valence-corrected chi connectivity index (χ0v) is 16.6. The molecule has 27 heavy (non-hydrogen) atoms. The van der Waals surface area contributed by atoms with Gasteiger partial charge in [-0.1, -0.05) is 12.1 Å². The van der Waals surface area contributed by atoms with Crippen LogP contribution in [-0.2, 0) is 4.79 Å². The molecule has 0 radical (unpaired) electrons. The molecule has 0 bridgehead atoms. The van der Waals surface area contributed by atoms with Crippen LogP contribution in [0.5, 0.6) is 5.75 Å². The van der Waals surface area contributed by atoms with Gasteiger partial charge in [-0.05, 0) is 31.2 Å². The van der Waals surface area contributed by atoms with Gasteiger partial charge in [-0.25, -0.2) is 4.98 Å². The lowest BCUT2D eigenvalue weighted by Crippen LogP contribution is -2.28. The van der Waals surface area contributed by atoms with Crippen molar-refractivity contribution < 1.29 is 14.3 Å². The Morgan fingerprint density at radius 3 is 2.74 bits per heavy atom. The third-order valence-corrected chi connectivity index (χ3v) is 5.51. The maximum atomic E-state index is 12.2. The van der Waals surface area contributed by atoms with E-state index in [1.807, 2.05) is 24.4 Å². The highest BCUT2D eigenvalue weighted by atomic mass is 32.1. The number of thiazole rings is 1. The number of nitrogens with one attached hydrogen (secondary N) is 2. The fourth-order valence-electron chi connectivity index (χ4n) is 2.42. The van der Waals surface area contributed by atoms with Gasteiger partial charge in [0.1, 0.15) is 5.75 Å². The predicted octanol–water partition coefficient (Wildman–Crippen LogP) is 3.95. The molecule has 2 amide bonds. The SMILES string of the molecule is COc1ccccc1C(=O)NCCC(=O)Nc1nc(-c2ccc(C)s2)cs1. The first kappa shape index (κ1) is 19.1. The van der Waals surface area contributed by atoms with Gasteiger partial charge in [-0.15, -0.1) is 22.7 Å². The van der Waals surface area contributed by atoms with Crippen molar-refractivity contribution >= 4 is 39.6 Å². The Hall–Kier alpha value is -2.71. The molecule has 0 aliphatic carbocycles. The van der Waals surface area contributed by atoms with Crippen molar-refractivity contribution in [3.63, 3.8) is 0 Å². The zero-order chi connectivity index (χ0) is 19.2. The van der Waals surface area contributed by atoms with Crippen LogP contribution in [0, 0.1) is 6.92 Å². The molecule has 2 aromatic heterocycles. The molecule has 2 heterocycles. The molecule has 6 nitrogen and oxygen atoms in total. The van der Waals surface area contributed by atoms with Gasteiger partial charge in [0, 0.05) is 23.2 Å². The predicted molar refractivity (Wildman–Crippen MR) is 109 cm³/mol. The highest BCUT2D eigenvalue weighted by Gasteiger charge is 2.13. The number of hydrogen-bond donors (Lipinski definition) is 2. The van der Waals surface area contributed by atoms with Crippen molar-refractivity contribution in [3.05, 3.63) is 52.2 Å². The van der Waals surface area contributed by atoms with E-state index in [9.17, 15) is 9.59 Å². The van der Waals surface area contributed by atoms with Gasteiger partial charge in [-0.3, -0.25) is 9.59 Å². The topological polar surface area (TPSA) is 80.3 Å². The molecule has 0 unspecified atom stereocenters. The van der Waals surface area contributed by atoms with Crippen molar-refractivity contribution in [2.24, 2.45) is 0 Å². The van der Waals surface area contributed by atoms with E-state index >= 15 is 0 Å². The Morgan fingerprint density at radius 2 is 2.00 bits per heavy atom. The molecule has 0 spiro atoms. The molecule has 0 aliphatic rings. The Balaban J connectivity index is 1.49. The Morgan fingerprint density at radius 1 is 1.19 bits per heavy atom. The van der Waals surface area contributed by atoms with E-state index in [2.05, 4.69) is 15.6 Å². The van der Waals surface area contributed by atoms with E-state index in [-0.39, 0.29) is 24.8 Å². The highest BCUT2D eigenvalue weighted by molar-refractivity contribution is 7.17. The molecular formula is C19H19N3O3S2. The summed E-state index contributed by atoms with van der Waals surface area (Å²) in [6, 6.07) is 11.0. The van der Waals surface area contributed by atoms with Crippen molar-refractivity contribution in [1.29, 1.82) is 0 Å². The number of carbonyl (C=O) groups is 2. The number of nitrogens with zero attached hydrogens (tertiary/aromatic N) is 1. The fourth-order valence-corrected chi connectivity index (χ4v) is 4.04. The van der Waals surface area contributed by atoms with E-state index in [0.717, 1.165) is 10.6 Å². The quantitative estimate of drug-likeness (QED) is 0.628. The standard InChI is InChI=1S/C19H19N3O3S2/c1-12-7-8-16(27-12)14-11-26-19(21-14)22-17(23)9-10-20-18(24)13-5-3-4-6-15(13)25-2/h3-8,11H,9-10H2,1-2H3,(H,20,24)(H,21,22,23). The van der Waals surface area contributed by atoms with Crippen LogP contribution in [0.25, 0.3) is 10.6 Å². The summed E-state index contributed by atoms with van der Waals surface area (Å²) in [5.41, 5.74) is 1.30. The molecule has 8 heteroatoms. The summed E-state index contributed by atoms with van der Waals surface area (Å²) >= 11 is 3.05. The van der Waals surface area contributed by atoms with Gasteiger partial charge in [0.25, 0.3) is 5.91 Å². The van der Waals surface area contributed by atoms with Crippen LogP contribution in [0.4, 0.5) is 5.13 Å². The van der Waals surface area contributed by atoms with Crippen LogP contribution in [0.3, 0.4) is 0 Å². The third kappa shape index (κ3) is 4.93. The first-order valence-corrected chi connectivity index (χ1v) is 10.00. The highest BCUT2D eigenvalue weighted by Crippen LogP contribution is 2.30. The van der Waals surface area contributed by atoms with Gasteiger partial charge >= 0.3 is 0 Å². The number of aromatic nitrogens is 1. The number of methoxy groups -OCH3 is 1. The Bertz CT molecular complexity index is 949. The van der Waals surface area contributed by atoms with Gasteiger partial charge in [0.05, 0.1) is 23.2 Å². The maximum absolute atomic E-state index is 12.2. The number of aryl methyl sites for hydroxylation is 1. The second kappa shape index (κ2) is 8.79. The number of benzene rings is 1. The van der Waals surface area contributed by atoms with Crippen molar-refractivity contribution in [3.8, 4) is 16.3 Å². The number of thiophene rings is 1. The molecule has 1 aromatic carbocycles. The summed E-state index contributed by atoms with van der Waals surface area (Å²) in [6.45, 7) is 2.27. The lowest BCUT2D eigenvalue weighted by molar-refractivity contribution is -0.116. The molecular weight excluding hydrogens is 382 g/mol. The minimum Gasteiger partial charge on any atom is -0.496 e. The molecule has 0 fully saturated rings. The van der Waals surface area contributed by atoms with E-state index in [1.165, 1.54) is 23.3 Å². The Kier molecular flexibility index (Phi) is 6.20. The number of ether oxygens (including phenoxy) is 1. The molecule has 3 rings (SSSR count). The number of hydrogen-bond acceptors (Lipinski definition) is 6. The van der Waals surface area contributed by atoms with Crippen LogP contribution >= 0.6 is 22.7 Å². The van der Waals surface area contributed by atoms with Crippen molar-refractivity contribution in [1.82, 2.24) is 10.3 Å². The minimum atomic E-state index is -0.273. The molecule has 0 atom stereocenters. The number of para-hydroxylation sites is 1. The second-order valence-corrected chi connectivity index (χ2v) is 7.85. The normalized spacial score (nSPS) is 10.4. The zero-order valence-electron chi connectivity index (χ0n) is 14.9. The number of carbonyl (C=O) groups excluding carboxylic acids is 2. The van der Waals surface area contributed by atoms with Crippen LogP contribution < -0.4 is 15.4 Å². The molecule has 0 saturated heterocycles. The summed E-state index contributed by atoms with van der Waals surface area (Å²) in [5.74, 6) is 0.0296. The smallest absolute Gasteiger partial charge is 0.255 e. The lowest BCUT2D eigenvalue weighted by Gasteiger charge is -2.08. The average molecular weight is 402 g/mol. The first-order chi connectivity index (χ1) is 13.1. The van der Waals surface area contributed by atoms with Crippen molar-refractivity contribution in [2.75, 3.05) is 19.0 Å². The summed E-state index contributed by atoms with van der Waals surface area (Å²) in [6.07, 6.45) is 0.161. The average Bonchev–Trinajstić information content (AvgIpc) is 3.30. The van der Waals surface area contributed by atoms with Crippen molar-refractivity contribution in [2.45, 2.75) is 13.3 Å². The van der Waals surface area contributed by atoms with Gasteiger partial charge in [-0.2, -0.15) is 0 Å². The molecule has 0 aliphatic heterocycles. The number of rotatable bonds is 7. The van der Waals surface area contributed by atoms with Gasteiger partial charge in [0.15, 0.2) is 5.13 Å². The van der Waals surface area contributed by atoms with E-state index < -0.39 is 0 Å². The first-order valence-electron chi connectivity index (χ1n) is 8.30. The maximum Gasteiger partial charge on any atom is 0.255 e. The van der Waals surface area contributed by atoms with Crippen LogP contribution in [-0.4, -0.2) is 30.5 Å². The molecule has 2 N–H and O–H groups in total. The van der Waals surface area contributed by atoms with E-state index in [0.29, 0.717) is 16.4 Å². The largest absolute Gasteiger partial charge is 0.496 e. The fraction of sp³-hybridized carbons (Fsp3) is 0.211. The van der Waals surface area contributed by atoms with Gasteiger partial charge in [0.2, 0.25) is 5.91 Å². The summed E-state index contributed by atoms with van der Waals surface area (Å²) in [5, 5.41) is 7.97. The summed E-state index contributed by atoms with van der Waals surface area (Å²) in [7, 11) is 1.51. The Labute approximate surface area is 165 Å². The van der Waals surface area contributed by atoms with Gasteiger partial charge < -0.3 is 15.4 Å². The summed E-state index contributed by atoms with van der Waals surface area (Å²) in [4.78, 5) is 31.0. The number of anilines is 1. The number of amides is 2. The lowest BCUT2D eigenvalue weighted by atomic mass is 10.2. The van der Waals surface area contributed by atoms with Crippen LogP contribution in [0.2, 0.25) is 0 Å². The third-order valence-electron chi connectivity index (χ3n) is 3.73. The molecule has 3 aromatic rings. The monoisotopic (exact) mass is 401 g/mol. The van der Waals surface area contributed by atoms with E-state index in [4.69, 9.17) is 4.74 Å². The summed E-state index contributed by atoms with van der Waals surface area (Å²) < 4.78 is 5.17. The van der Waals surface area contributed by atoms with Crippen LogP contribution in [0.1, 0.15) is 21.7 Å². The second-order valence-electron chi connectivity index (χ2n) is 5.70.